The summed E-state index contributed by atoms with van der Waals surface area (Å²) in [6.07, 6.45) is 4.42. The molecule has 1 aromatic heterocycles. The number of fused-ring (bicyclic) bond motifs is 1. The predicted molar refractivity (Wildman–Crippen MR) is 149 cm³/mol. The van der Waals surface area contributed by atoms with E-state index in [0.29, 0.717) is 45.2 Å². The number of H-pyrrole nitrogens is 1. The number of hydrogen-bond donors (Lipinski definition) is 4. The van der Waals surface area contributed by atoms with Crippen molar-refractivity contribution in [3.63, 3.8) is 0 Å². The first-order chi connectivity index (χ1) is 19.3. The molecule has 5 N–H and O–H groups in total. The van der Waals surface area contributed by atoms with Gasteiger partial charge in [-0.05, 0) is 49.3 Å². The van der Waals surface area contributed by atoms with Crippen molar-refractivity contribution >= 4 is 34.6 Å². The Hall–Kier alpha value is -4.18. The molecule has 5 rings (SSSR count). The number of likely N-dealkylation sites (tertiary alicyclic amines) is 2. The third kappa shape index (κ3) is 5.72. The molecule has 2 aliphatic heterocycles. The number of amides is 3. The lowest BCUT2D eigenvalue weighted by molar-refractivity contribution is -0.149. The van der Waals surface area contributed by atoms with Crippen LogP contribution in [0, 0.1) is 0 Å². The molecule has 40 heavy (non-hydrogen) atoms. The summed E-state index contributed by atoms with van der Waals surface area (Å²) in [6.45, 7) is 0.728. The van der Waals surface area contributed by atoms with Gasteiger partial charge in [-0.3, -0.25) is 14.4 Å². The van der Waals surface area contributed by atoms with E-state index in [1.54, 1.807) is 0 Å². The van der Waals surface area contributed by atoms with Gasteiger partial charge in [0.2, 0.25) is 17.7 Å². The minimum atomic E-state index is -1.05. The van der Waals surface area contributed by atoms with Gasteiger partial charge in [0.05, 0.1) is 6.04 Å². The van der Waals surface area contributed by atoms with Crippen molar-refractivity contribution in [2.45, 2.75) is 62.7 Å². The molecule has 0 bridgehead atoms. The number of carboxylic acid groups (broad SMARTS) is 1. The summed E-state index contributed by atoms with van der Waals surface area (Å²) in [6, 6.07) is 13.7. The van der Waals surface area contributed by atoms with Crippen LogP contribution in [0.5, 0.6) is 0 Å². The molecule has 10 heteroatoms. The Kier molecular flexibility index (Phi) is 8.16. The van der Waals surface area contributed by atoms with Crippen LogP contribution in [-0.2, 0) is 32.0 Å². The van der Waals surface area contributed by atoms with Crippen LogP contribution in [0.25, 0.3) is 10.9 Å². The molecule has 3 heterocycles. The second kappa shape index (κ2) is 11.9. The Morgan fingerprint density at radius 2 is 1.55 bits per heavy atom. The molecular formula is C30H35N5O5. The molecule has 3 amide bonds. The maximum atomic E-state index is 13.7. The quantitative estimate of drug-likeness (QED) is 0.322. The Balaban J connectivity index is 1.34. The molecule has 0 spiro atoms. The number of nitrogens with one attached hydrogen (secondary N) is 2. The summed E-state index contributed by atoms with van der Waals surface area (Å²) < 4.78 is 0. The summed E-state index contributed by atoms with van der Waals surface area (Å²) in [5.74, 6) is -2.21. The fourth-order valence-corrected chi connectivity index (χ4v) is 5.95. The van der Waals surface area contributed by atoms with Crippen LogP contribution >= 0.6 is 0 Å². The second-order valence-electron chi connectivity index (χ2n) is 10.6. The first-order valence-corrected chi connectivity index (χ1v) is 13.8. The molecule has 0 aliphatic carbocycles. The average Bonchev–Trinajstić information content (AvgIpc) is 3.72. The van der Waals surface area contributed by atoms with Crippen molar-refractivity contribution in [2.75, 3.05) is 13.1 Å². The van der Waals surface area contributed by atoms with E-state index in [1.165, 1.54) is 9.80 Å². The topological polar surface area (TPSA) is 149 Å². The number of rotatable bonds is 9. The fourth-order valence-electron chi connectivity index (χ4n) is 5.95. The lowest BCUT2D eigenvalue weighted by atomic mass is 10.0. The van der Waals surface area contributed by atoms with Crippen LogP contribution in [0.3, 0.4) is 0 Å². The highest BCUT2D eigenvalue weighted by Gasteiger charge is 2.41. The first kappa shape index (κ1) is 27.4. The molecule has 4 unspecified atom stereocenters. The van der Waals surface area contributed by atoms with Gasteiger partial charge in [0, 0.05) is 36.6 Å². The standard InChI is InChI=1S/C30H35N5O5/c31-22(16-19-8-2-1-3-9-19)28(37)34-14-6-12-25(34)27(36)33-24(29(38)35-15-7-13-26(35)30(39)40)17-20-18-32-23-11-5-4-10-21(20)23/h1-5,8-11,18,22,24-26,32H,6-7,12-17,31H2,(H,33,36)(H,39,40). The number of benzene rings is 2. The van der Waals surface area contributed by atoms with E-state index in [4.69, 9.17) is 5.73 Å². The van der Waals surface area contributed by atoms with Crippen molar-refractivity contribution in [3.8, 4) is 0 Å². The molecule has 10 nitrogen and oxygen atoms in total. The zero-order valence-corrected chi connectivity index (χ0v) is 22.3. The number of aromatic amines is 1. The number of carboxylic acids is 1. The molecule has 2 fully saturated rings. The molecule has 0 saturated carbocycles. The van der Waals surface area contributed by atoms with Crippen LogP contribution in [-0.4, -0.2) is 80.8 Å². The van der Waals surface area contributed by atoms with E-state index in [9.17, 15) is 24.3 Å². The Labute approximate surface area is 232 Å². The number of hydrogen-bond acceptors (Lipinski definition) is 5. The number of nitrogens with two attached hydrogens (primary N) is 1. The molecule has 2 saturated heterocycles. The minimum absolute atomic E-state index is 0.186. The van der Waals surface area contributed by atoms with E-state index >= 15 is 0 Å². The molecule has 2 aromatic carbocycles. The lowest BCUT2D eigenvalue weighted by Gasteiger charge is -2.30. The largest absolute Gasteiger partial charge is 0.480 e. The number of carbonyl (C=O) groups is 4. The summed E-state index contributed by atoms with van der Waals surface area (Å²) in [5.41, 5.74) is 8.94. The molecular weight excluding hydrogens is 510 g/mol. The third-order valence-electron chi connectivity index (χ3n) is 7.99. The highest BCUT2D eigenvalue weighted by Crippen LogP contribution is 2.24. The smallest absolute Gasteiger partial charge is 0.326 e. The van der Waals surface area contributed by atoms with Gasteiger partial charge in [-0.15, -0.1) is 0 Å². The molecule has 4 atom stereocenters. The van der Waals surface area contributed by atoms with E-state index in [2.05, 4.69) is 10.3 Å². The van der Waals surface area contributed by atoms with E-state index in [-0.39, 0.29) is 12.3 Å². The Morgan fingerprint density at radius 3 is 2.27 bits per heavy atom. The summed E-state index contributed by atoms with van der Waals surface area (Å²) in [4.78, 5) is 58.6. The number of para-hydroxylation sites is 1. The van der Waals surface area contributed by atoms with E-state index in [0.717, 1.165) is 22.0 Å². The minimum Gasteiger partial charge on any atom is -0.480 e. The Bertz CT molecular complexity index is 1390. The fraction of sp³-hybridized carbons (Fsp3) is 0.400. The van der Waals surface area contributed by atoms with Crippen molar-refractivity contribution in [3.05, 3.63) is 71.9 Å². The lowest BCUT2D eigenvalue weighted by Crippen LogP contribution is -2.57. The van der Waals surface area contributed by atoms with Gasteiger partial charge >= 0.3 is 5.97 Å². The highest BCUT2D eigenvalue weighted by molar-refractivity contribution is 5.95. The van der Waals surface area contributed by atoms with Crippen LogP contribution in [0.4, 0.5) is 0 Å². The van der Waals surface area contributed by atoms with Crippen molar-refractivity contribution in [1.29, 1.82) is 0 Å². The van der Waals surface area contributed by atoms with Crippen LogP contribution in [0.2, 0.25) is 0 Å². The second-order valence-corrected chi connectivity index (χ2v) is 10.6. The van der Waals surface area contributed by atoms with Gasteiger partial charge in [0.25, 0.3) is 0 Å². The molecule has 3 aromatic rings. The third-order valence-corrected chi connectivity index (χ3v) is 7.99. The SMILES string of the molecule is NC(Cc1ccccc1)C(=O)N1CCCC1C(=O)NC(Cc1c[nH]c2ccccc12)C(=O)N1CCCC1C(=O)O. The zero-order valence-electron chi connectivity index (χ0n) is 22.3. The van der Waals surface area contributed by atoms with Gasteiger partial charge in [-0.25, -0.2) is 4.79 Å². The molecule has 210 valence electrons. The highest BCUT2D eigenvalue weighted by atomic mass is 16.4. The number of nitrogens with zero attached hydrogens (tertiary/aromatic N) is 2. The predicted octanol–water partition coefficient (Wildman–Crippen LogP) is 1.83. The van der Waals surface area contributed by atoms with Crippen LogP contribution < -0.4 is 11.1 Å². The van der Waals surface area contributed by atoms with Gasteiger partial charge in [0.15, 0.2) is 0 Å². The van der Waals surface area contributed by atoms with Crippen molar-refractivity contribution in [1.82, 2.24) is 20.1 Å². The first-order valence-electron chi connectivity index (χ1n) is 13.8. The van der Waals surface area contributed by atoms with Crippen molar-refractivity contribution in [2.24, 2.45) is 5.73 Å². The summed E-state index contributed by atoms with van der Waals surface area (Å²) in [5, 5.41) is 13.5. The molecule has 0 radical (unpaired) electrons. The maximum Gasteiger partial charge on any atom is 0.326 e. The summed E-state index contributed by atoms with van der Waals surface area (Å²) in [7, 11) is 0. The number of aliphatic carboxylic acids is 1. The number of aromatic nitrogens is 1. The molecule has 2 aliphatic rings. The Morgan fingerprint density at radius 1 is 0.900 bits per heavy atom. The van der Waals surface area contributed by atoms with E-state index in [1.807, 2.05) is 60.8 Å². The van der Waals surface area contributed by atoms with Crippen LogP contribution in [0.1, 0.15) is 36.8 Å². The van der Waals surface area contributed by atoms with Gasteiger partial charge in [-0.2, -0.15) is 0 Å². The average molecular weight is 546 g/mol. The normalized spacial score (nSPS) is 20.4. The van der Waals surface area contributed by atoms with Crippen molar-refractivity contribution < 1.29 is 24.3 Å². The monoisotopic (exact) mass is 545 g/mol. The van der Waals surface area contributed by atoms with Gasteiger partial charge < -0.3 is 30.9 Å². The summed E-state index contributed by atoms with van der Waals surface area (Å²) >= 11 is 0. The van der Waals surface area contributed by atoms with E-state index < -0.39 is 42.0 Å². The maximum absolute atomic E-state index is 13.7. The van der Waals surface area contributed by atoms with Gasteiger partial charge in [0.1, 0.15) is 18.1 Å². The van der Waals surface area contributed by atoms with Crippen LogP contribution in [0.15, 0.2) is 60.8 Å². The number of carbonyl (C=O) groups excluding carboxylic acids is 3. The van der Waals surface area contributed by atoms with Gasteiger partial charge in [-0.1, -0.05) is 48.5 Å². The zero-order chi connectivity index (χ0) is 28.2.